The van der Waals surface area contributed by atoms with Crippen LogP contribution in [0.5, 0.6) is 0 Å². The maximum absolute atomic E-state index is 12.3. The van der Waals surface area contributed by atoms with Crippen LogP contribution in [0.3, 0.4) is 0 Å². The molecule has 6 heteroatoms. The number of aromatic nitrogens is 1. The minimum atomic E-state index is -4.28. The number of hydrogen-bond donors (Lipinski definition) is 0. The van der Waals surface area contributed by atoms with Crippen molar-refractivity contribution >= 4 is 16.5 Å². The first-order chi connectivity index (χ1) is 7.34. The van der Waals surface area contributed by atoms with Crippen LogP contribution in [-0.4, -0.2) is 18.6 Å². The number of alkyl halides is 3. The summed E-state index contributed by atoms with van der Waals surface area (Å²) in [5.74, 6) is 0.447. The number of hydrogen-bond acceptors (Lipinski definition) is 3. The fraction of sp³-hybridized carbons (Fsp3) is 0.700. The van der Waals surface area contributed by atoms with E-state index >= 15 is 0 Å². The lowest BCUT2D eigenvalue weighted by Gasteiger charge is -2.19. The van der Waals surface area contributed by atoms with Gasteiger partial charge in [-0.3, -0.25) is 0 Å². The van der Waals surface area contributed by atoms with Crippen molar-refractivity contribution in [1.29, 1.82) is 0 Å². The molecule has 1 atom stereocenters. The van der Waals surface area contributed by atoms with Gasteiger partial charge in [-0.05, 0) is 5.92 Å². The first-order valence-corrected chi connectivity index (χ1v) is 5.90. The Bertz CT molecular complexity index is 335. The highest BCUT2D eigenvalue weighted by Gasteiger charge is 2.33. The lowest BCUT2D eigenvalue weighted by atomic mass is 10.1. The third kappa shape index (κ3) is 3.37. The minimum absolute atomic E-state index is 0.424. The summed E-state index contributed by atoms with van der Waals surface area (Å²) in [6.45, 7) is 4.84. The molecule has 0 aromatic carbocycles. The molecule has 0 aliphatic heterocycles. The Morgan fingerprint density at radius 1 is 1.50 bits per heavy atom. The van der Waals surface area contributed by atoms with Crippen LogP contribution in [0.4, 0.5) is 18.3 Å². The van der Waals surface area contributed by atoms with E-state index in [1.165, 1.54) is 0 Å². The van der Waals surface area contributed by atoms with E-state index in [-0.39, 0.29) is 0 Å². The summed E-state index contributed by atoms with van der Waals surface area (Å²) in [6, 6.07) is 0. The van der Waals surface area contributed by atoms with Gasteiger partial charge in [-0.15, -0.1) is 0 Å². The Labute approximate surface area is 97.1 Å². The van der Waals surface area contributed by atoms with Crippen molar-refractivity contribution in [1.82, 2.24) is 4.98 Å². The predicted octanol–water partition coefficient (Wildman–Crippen LogP) is 3.64. The molecule has 16 heavy (non-hydrogen) atoms. The highest BCUT2D eigenvalue weighted by atomic mass is 32.1. The number of halogens is 3. The van der Waals surface area contributed by atoms with Crippen LogP contribution in [-0.2, 0) is 6.18 Å². The highest BCUT2D eigenvalue weighted by Crippen LogP contribution is 2.36. The van der Waals surface area contributed by atoms with E-state index in [0.717, 1.165) is 19.2 Å². The molecule has 1 unspecified atom stereocenters. The fourth-order valence-electron chi connectivity index (χ4n) is 1.25. The Kier molecular flexibility index (Phi) is 4.18. The molecule has 1 heterocycles. The third-order valence-corrected chi connectivity index (χ3v) is 3.54. The Morgan fingerprint density at radius 3 is 2.56 bits per heavy atom. The monoisotopic (exact) mass is 252 g/mol. The van der Waals surface area contributed by atoms with Crippen LogP contribution in [0.1, 0.15) is 25.1 Å². The topological polar surface area (TPSA) is 16.1 Å². The summed E-state index contributed by atoms with van der Waals surface area (Å²) in [6.07, 6.45) is -2.39. The van der Waals surface area contributed by atoms with Crippen molar-refractivity contribution in [3.8, 4) is 0 Å². The molecular formula is C10H15F3N2S. The summed E-state index contributed by atoms with van der Waals surface area (Å²) in [7, 11) is 1.77. The van der Waals surface area contributed by atoms with Gasteiger partial charge < -0.3 is 4.90 Å². The molecule has 1 aromatic heterocycles. The normalized spacial score (nSPS) is 13.9. The zero-order valence-corrected chi connectivity index (χ0v) is 10.3. The molecule has 0 fully saturated rings. The average molecular weight is 252 g/mol. The molecule has 1 rings (SSSR count). The highest BCUT2D eigenvalue weighted by molar-refractivity contribution is 7.15. The van der Waals surface area contributed by atoms with Gasteiger partial charge in [0, 0.05) is 13.6 Å². The lowest BCUT2D eigenvalue weighted by molar-refractivity contribution is -0.134. The Hall–Kier alpha value is -0.780. The van der Waals surface area contributed by atoms with Crippen molar-refractivity contribution in [2.75, 3.05) is 18.5 Å². The van der Waals surface area contributed by atoms with Crippen LogP contribution in [0.2, 0.25) is 0 Å². The molecule has 0 radical (unpaired) electrons. The first kappa shape index (κ1) is 13.3. The standard InChI is InChI=1S/C10H15F3N2S/c1-4-7(2)6-15(3)9-14-5-8(16-9)10(11,12)13/h5,7H,4,6H2,1-3H3. The van der Waals surface area contributed by atoms with Crippen molar-refractivity contribution in [3.05, 3.63) is 11.1 Å². The van der Waals surface area contributed by atoms with Crippen molar-refractivity contribution in [3.63, 3.8) is 0 Å². The zero-order chi connectivity index (χ0) is 12.3. The molecule has 0 aliphatic carbocycles. The van der Waals surface area contributed by atoms with E-state index < -0.39 is 11.1 Å². The average Bonchev–Trinajstić information content (AvgIpc) is 2.65. The van der Waals surface area contributed by atoms with Crippen LogP contribution in [0, 0.1) is 5.92 Å². The minimum Gasteiger partial charge on any atom is -0.351 e. The van der Waals surface area contributed by atoms with Gasteiger partial charge in [0.25, 0.3) is 0 Å². The summed E-state index contributed by atoms with van der Waals surface area (Å²) < 4.78 is 37.0. The molecule has 0 saturated heterocycles. The Morgan fingerprint density at radius 2 is 2.12 bits per heavy atom. The van der Waals surface area contributed by atoms with Crippen LogP contribution >= 0.6 is 11.3 Å². The van der Waals surface area contributed by atoms with E-state index in [4.69, 9.17) is 0 Å². The summed E-state index contributed by atoms with van der Waals surface area (Å²) in [5.41, 5.74) is 0. The molecule has 0 bridgehead atoms. The maximum atomic E-state index is 12.3. The molecule has 2 nitrogen and oxygen atoms in total. The van der Waals surface area contributed by atoms with E-state index in [1.54, 1.807) is 11.9 Å². The quantitative estimate of drug-likeness (QED) is 0.813. The van der Waals surface area contributed by atoms with Crippen LogP contribution < -0.4 is 4.90 Å². The van der Waals surface area contributed by atoms with E-state index in [9.17, 15) is 13.2 Å². The molecule has 1 aromatic rings. The number of anilines is 1. The second-order valence-corrected chi connectivity index (χ2v) is 4.91. The van der Waals surface area contributed by atoms with E-state index in [2.05, 4.69) is 18.8 Å². The van der Waals surface area contributed by atoms with Crippen LogP contribution in [0.15, 0.2) is 6.20 Å². The van der Waals surface area contributed by atoms with E-state index in [0.29, 0.717) is 22.4 Å². The number of thiazole rings is 1. The molecule has 0 spiro atoms. The van der Waals surface area contributed by atoms with Crippen molar-refractivity contribution in [2.45, 2.75) is 26.4 Å². The van der Waals surface area contributed by atoms with Gasteiger partial charge in [-0.2, -0.15) is 13.2 Å². The van der Waals surface area contributed by atoms with Crippen molar-refractivity contribution in [2.24, 2.45) is 5.92 Å². The second-order valence-electron chi connectivity index (χ2n) is 3.90. The van der Waals surface area contributed by atoms with Gasteiger partial charge in [0.2, 0.25) is 0 Å². The summed E-state index contributed by atoms with van der Waals surface area (Å²) >= 11 is 0.690. The largest absolute Gasteiger partial charge is 0.427 e. The maximum Gasteiger partial charge on any atom is 0.427 e. The smallest absolute Gasteiger partial charge is 0.351 e. The van der Waals surface area contributed by atoms with Gasteiger partial charge >= 0.3 is 6.18 Å². The molecule has 0 aliphatic rings. The molecule has 92 valence electrons. The van der Waals surface area contributed by atoms with Gasteiger partial charge in [0.15, 0.2) is 5.13 Å². The molecule has 0 N–H and O–H groups in total. The lowest BCUT2D eigenvalue weighted by Crippen LogP contribution is -2.23. The molecule has 0 saturated carbocycles. The first-order valence-electron chi connectivity index (χ1n) is 5.08. The van der Waals surface area contributed by atoms with Gasteiger partial charge in [0.05, 0.1) is 6.20 Å². The predicted molar refractivity (Wildman–Crippen MR) is 59.8 cm³/mol. The summed E-state index contributed by atoms with van der Waals surface area (Å²) in [4.78, 5) is 4.93. The number of rotatable bonds is 4. The SMILES string of the molecule is CCC(C)CN(C)c1ncc(C(F)(F)F)s1. The van der Waals surface area contributed by atoms with Gasteiger partial charge in [-0.25, -0.2) is 4.98 Å². The van der Waals surface area contributed by atoms with Gasteiger partial charge in [-0.1, -0.05) is 31.6 Å². The Balaban J connectivity index is 2.71. The van der Waals surface area contributed by atoms with Crippen LogP contribution in [0.25, 0.3) is 0 Å². The molecular weight excluding hydrogens is 237 g/mol. The molecule has 0 amide bonds. The summed E-state index contributed by atoms with van der Waals surface area (Å²) in [5, 5.41) is 0.424. The van der Waals surface area contributed by atoms with Crippen molar-refractivity contribution < 1.29 is 13.2 Å². The van der Waals surface area contributed by atoms with E-state index in [1.807, 2.05) is 0 Å². The second kappa shape index (κ2) is 5.03. The third-order valence-electron chi connectivity index (χ3n) is 2.38. The zero-order valence-electron chi connectivity index (χ0n) is 9.51. The van der Waals surface area contributed by atoms with Gasteiger partial charge in [0.1, 0.15) is 4.88 Å². The fourth-order valence-corrected chi connectivity index (χ4v) is 2.00. The number of nitrogens with zero attached hydrogens (tertiary/aromatic N) is 2.